The topological polar surface area (TPSA) is 41.5 Å². The van der Waals surface area contributed by atoms with Gasteiger partial charge >= 0.3 is 0 Å². The third-order valence-electron chi connectivity index (χ3n) is 3.36. The van der Waals surface area contributed by atoms with Gasteiger partial charge in [0.05, 0.1) is 6.61 Å². The van der Waals surface area contributed by atoms with E-state index < -0.39 is 0 Å². The van der Waals surface area contributed by atoms with Gasteiger partial charge in [-0.1, -0.05) is 37.3 Å². The van der Waals surface area contributed by atoms with Gasteiger partial charge in [0, 0.05) is 6.04 Å². The number of nitrogens with one attached hydrogen (secondary N) is 1. The van der Waals surface area contributed by atoms with Crippen molar-refractivity contribution in [2.24, 2.45) is 0 Å². The zero-order valence-electron chi connectivity index (χ0n) is 12.5. The van der Waals surface area contributed by atoms with E-state index in [9.17, 15) is 5.11 Å². The number of phenolic OH excluding ortho intramolecular Hbond substituents is 1. The maximum Gasteiger partial charge on any atom is 0.119 e. The molecule has 0 saturated carbocycles. The summed E-state index contributed by atoms with van der Waals surface area (Å²) in [6, 6.07) is 17.7. The molecular formula is C18H23NO2. The third kappa shape index (κ3) is 5.48. The molecule has 0 amide bonds. The van der Waals surface area contributed by atoms with E-state index in [1.807, 2.05) is 48.5 Å². The fraction of sp³-hybridized carbons (Fsp3) is 0.333. The Morgan fingerprint density at radius 2 is 1.90 bits per heavy atom. The van der Waals surface area contributed by atoms with Gasteiger partial charge < -0.3 is 15.2 Å². The average molecular weight is 285 g/mol. The van der Waals surface area contributed by atoms with Crippen molar-refractivity contribution in [3.8, 4) is 11.5 Å². The molecule has 0 aliphatic rings. The van der Waals surface area contributed by atoms with Gasteiger partial charge in [-0.3, -0.25) is 0 Å². The van der Waals surface area contributed by atoms with Crippen molar-refractivity contribution >= 4 is 0 Å². The highest BCUT2D eigenvalue weighted by molar-refractivity contribution is 5.27. The summed E-state index contributed by atoms with van der Waals surface area (Å²) < 4.78 is 5.75. The number of phenols is 1. The summed E-state index contributed by atoms with van der Waals surface area (Å²) in [5.74, 6) is 1.23. The van der Waals surface area contributed by atoms with Crippen LogP contribution in [0.4, 0.5) is 0 Å². The van der Waals surface area contributed by atoms with Crippen LogP contribution in [0.5, 0.6) is 11.5 Å². The van der Waals surface area contributed by atoms with Crippen molar-refractivity contribution in [1.82, 2.24) is 5.32 Å². The average Bonchev–Trinajstić information content (AvgIpc) is 2.48. The Labute approximate surface area is 126 Å². The zero-order valence-corrected chi connectivity index (χ0v) is 12.5. The fourth-order valence-electron chi connectivity index (χ4n) is 2.37. The predicted octanol–water partition coefficient (Wildman–Crippen LogP) is 3.38. The molecule has 1 unspecified atom stereocenters. The van der Waals surface area contributed by atoms with E-state index in [1.54, 1.807) is 6.07 Å². The SMILES string of the molecule is CCNC(CCOc1ccccc1)Cc1cccc(O)c1. The lowest BCUT2D eigenvalue weighted by Crippen LogP contribution is -2.32. The molecular weight excluding hydrogens is 262 g/mol. The first-order valence-electron chi connectivity index (χ1n) is 7.47. The molecule has 1 atom stereocenters. The maximum absolute atomic E-state index is 9.54. The fourth-order valence-corrected chi connectivity index (χ4v) is 2.37. The van der Waals surface area contributed by atoms with Gasteiger partial charge in [-0.05, 0) is 49.2 Å². The molecule has 2 aromatic carbocycles. The highest BCUT2D eigenvalue weighted by Gasteiger charge is 2.09. The van der Waals surface area contributed by atoms with E-state index in [-0.39, 0.29) is 0 Å². The smallest absolute Gasteiger partial charge is 0.119 e. The summed E-state index contributed by atoms with van der Waals surface area (Å²) in [5.41, 5.74) is 1.14. The van der Waals surface area contributed by atoms with E-state index in [2.05, 4.69) is 12.2 Å². The van der Waals surface area contributed by atoms with Crippen molar-refractivity contribution in [3.63, 3.8) is 0 Å². The number of hydrogen-bond acceptors (Lipinski definition) is 3. The van der Waals surface area contributed by atoms with Crippen molar-refractivity contribution in [1.29, 1.82) is 0 Å². The van der Waals surface area contributed by atoms with Crippen LogP contribution in [0.2, 0.25) is 0 Å². The summed E-state index contributed by atoms with van der Waals surface area (Å²) in [6.45, 7) is 3.71. The standard InChI is InChI=1S/C18H23NO2/c1-2-19-16(13-15-7-6-8-17(20)14-15)11-12-21-18-9-4-3-5-10-18/h3-10,14,16,19-20H,2,11-13H2,1H3. The van der Waals surface area contributed by atoms with Crippen LogP contribution in [-0.4, -0.2) is 24.3 Å². The van der Waals surface area contributed by atoms with E-state index in [0.717, 1.165) is 30.7 Å². The molecule has 0 fully saturated rings. The predicted molar refractivity (Wildman–Crippen MR) is 85.8 cm³/mol. The first kappa shape index (κ1) is 15.4. The molecule has 0 heterocycles. The molecule has 21 heavy (non-hydrogen) atoms. The van der Waals surface area contributed by atoms with Gasteiger partial charge in [0.15, 0.2) is 0 Å². The van der Waals surface area contributed by atoms with Crippen LogP contribution in [0.25, 0.3) is 0 Å². The van der Waals surface area contributed by atoms with E-state index in [1.165, 1.54) is 0 Å². The largest absolute Gasteiger partial charge is 0.508 e. The Kier molecular flexibility index (Phi) is 6.10. The number of rotatable bonds is 8. The highest BCUT2D eigenvalue weighted by Crippen LogP contribution is 2.14. The van der Waals surface area contributed by atoms with Crippen LogP contribution in [0, 0.1) is 0 Å². The number of para-hydroxylation sites is 1. The summed E-state index contributed by atoms with van der Waals surface area (Å²) in [5, 5.41) is 13.0. The van der Waals surface area contributed by atoms with Crippen LogP contribution < -0.4 is 10.1 Å². The molecule has 2 N–H and O–H groups in total. The summed E-state index contributed by atoms with van der Waals surface area (Å²) in [7, 11) is 0. The summed E-state index contributed by atoms with van der Waals surface area (Å²) in [6.07, 6.45) is 1.82. The zero-order chi connectivity index (χ0) is 14.9. The lowest BCUT2D eigenvalue weighted by Gasteiger charge is -2.18. The minimum Gasteiger partial charge on any atom is -0.508 e. The normalized spacial score (nSPS) is 12.0. The van der Waals surface area contributed by atoms with E-state index in [4.69, 9.17) is 4.74 Å². The van der Waals surface area contributed by atoms with Gasteiger partial charge in [0.1, 0.15) is 11.5 Å². The van der Waals surface area contributed by atoms with Crippen LogP contribution in [-0.2, 0) is 6.42 Å². The second-order valence-electron chi connectivity index (χ2n) is 5.08. The van der Waals surface area contributed by atoms with Gasteiger partial charge in [-0.15, -0.1) is 0 Å². The molecule has 0 saturated heterocycles. The molecule has 112 valence electrons. The Morgan fingerprint density at radius 3 is 2.62 bits per heavy atom. The maximum atomic E-state index is 9.54. The van der Waals surface area contributed by atoms with Gasteiger partial charge in [0.2, 0.25) is 0 Å². The Hall–Kier alpha value is -2.00. The first-order chi connectivity index (χ1) is 10.3. The molecule has 0 aliphatic carbocycles. The number of aromatic hydroxyl groups is 1. The minimum atomic E-state index is 0.322. The quantitative estimate of drug-likeness (QED) is 0.781. The van der Waals surface area contributed by atoms with Crippen LogP contribution >= 0.6 is 0 Å². The van der Waals surface area contributed by atoms with Crippen molar-refractivity contribution in [2.75, 3.05) is 13.2 Å². The van der Waals surface area contributed by atoms with Gasteiger partial charge in [-0.25, -0.2) is 0 Å². The van der Waals surface area contributed by atoms with Crippen molar-refractivity contribution < 1.29 is 9.84 Å². The van der Waals surface area contributed by atoms with Gasteiger partial charge in [0.25, 0.3) is 0 Å². The monoisotopic (exact) mass is 285 g/mol. The molecule has 0 spiro atoms. The summed E-state index contributed by atoms with van der Waals surface area (Å²) in [4.78, 5) is 0. The molecule has 0 aromatic heterocycles. The first-order valence-corrected chi connectivity index (χ1v) is 7.47. The highest BCUT2D eigenvalue weighted by atomic mass is 16.5. The van der Waals surface area contributed by atoms with Crippen LogP contribution in [0.15, 0.2) is 54.6 Å². The molecule has 3 heteroatoms. The molecule has 0 bridgehead atoms. The lowest BCUT2D eigenvalue weighted by atomic mass is 10.0. The number of ether oxygens (including phenoxy) is 1. The minimum absolute atomic E-state index is 0.322. The van der Waals surface area contributed by atoms with E-state index >= 15 is 0 Å². The Bertz CT molecular complexity index is 528. The molecule has 3 nitrogen and oxygen atoms in total. The second kappa shape index (κ2) is 8.32. The lowest BCUT2D eigenvalue weighted by molar-refractivity contribution is 0.285. The van der Waals surface area contributed by atoms with Crippen molar-refractivity contribution in [2.45, 2.75) is 25.8 Å². The molecule has 0 aliphatic heterocycles. The van der Waals surface area contributed by atoms with Crippen LogP contribution in [0.3, 0.4) is 0 Å². The van der Waals surface area contributed by atoms with Crippen molar-refractivity contribution in [3.05, 3.63) is 60.2 Å². The Balaban J connectivity index is 1.84. The molecule has 2 aromatic rings. The summed E-state index contributed by atoms with van der Waals surface area (Å²) >= 11 is 0. The third-order valence-corrected chi connectivity index (χ3v) is 3.36. The van der Waals surface area contributed by atoms with Gasteiger partial charge in [-0.2, -0.15) is 0 Å². The number of likely N-dealkylation sites (N-methyl/N-ethyl adjacent to an activating group) is 1. The number of hydrogen-bond donors (Lipinski definition) is 2. The molecule has 2 rings (SSSR count). The number of benzene rings is 2. The molecule has 0 radical (unpaired) electrons. The Morgan fingerprint density at radius 1 is 1.10 bits per heavy atom. The second-order valence-corrected chi connectivity index (χ2v) is 5.08. The van der Waals surface area contributed by atoms with Crippen LogP contribution in [0.1, 0.15) is 18.9 Å². The van der Waals surface area contributed by atoms with E-state index in [0.29, 0.717) is 18.4 Å².